The maximum atomic E-state index is 3.49. The zero-order valence-corrected chi connectivity index (χ0v) is 9.95. The average Bonchev–Trinajstić information content (AvgIpc) is 2.81. The summed E-state index contributed by atoms with van der Waals surface area (Å²) in [6, 6.07) is 8.96. The van der Waals surface area contributed by atoms with Crippen LogP contribution in [0.2, 0.25) is 0 Å². The summed E-state index contributed by atoms with van der Waals surface area (Å²) in [5.74, 6) is 1.82. The molecule has 2 heterocycles. The first kappa shape index (κ1) is 10.3. The van der Waals surface area contributed by atoms with Gasteiger partial charge in [0.05, 0.1) is 0 Å². The van der Waals surface area contributed by atoms with Gasteiger partial charge in [0.25, 0.3) is 0 Å². The van der Waals surface area contributed by atoms with Gasteiger partial charge < -0.3 is 5.32 Å². The van der Waals surface area contributed by atoms with E-state index < -0.39 is 0 Å². The summed E-state index contributed by atoms with van der Waals surface area (Å²) < 4.78 is 0. The molecule has 1 aromatic rings. The fraction of sp³-hybridized carbons (Fsp3) is 0.571. The van der Waals surface area contributed by atoms with Gasteiger partial charge in [-0.05, 0) is 37.4 Å². The van der Waals surface area contributed by atoms with E-state index in [-0.39, 0.29) is 0 Å². The van der Waals surface area contributed by atoms with E-state index in [1.54, 1.807) is 0 Å². The topological polar surface area (TPSA) is 15.3 Å². The van der Waals surface area contributed by atoms with Crippen molar-refractivity contribution >= 4 is 0 Å². The second-order valence-corrected chi connectivity index (χ2v) is 5.36. The zero-order valence-electron chi connectivity index (χ0n) is 9.95. The summed E-state index contributed by atoms with van der Waals surface area (Å²) in [5, 5.41) is 3.49. The number of hydrogen-bond donors (Lipinski definition) is 1. The van der Waals surface area contributed by atoms with E-state index in [1.807, 2.05) is 0 Å². The number of benzene rings is 1. The van der Waals surface area contributed by atoms with E-state index >= 15 is 0 Å². The third-order valence-corrected chi connectivity index (χ3v) is 3.99. The average molecular weight is 216 g/mol. The molecule has 2 saturated heterocycles. The van der Waals surface area contributed by atoms with E-state index in [0.717, 1.165) is 18.4 Å². The summed E-state index contributed by atoms with van der Waals surface area (Å²) in [5.41, 5.74) is 2.81. The van der Waals surface area contributed by atoms with Gasteiger partial charge in [0.2, 0.25) is 0 Å². The number of aryl methyl sites for hydroxylation is 1. The molecule has 0 spiro atoms. The van der Waals surface area contributed by atoms with Crippen molar-refractivity contribution in [3.8, 4) is 0 Å². The molecule has 2 heteroatoms. The molecule has 0 aromatic heterocycles. The lowest BCUT2D eigenvalue weighted by atomic mass is 10.0. The molecule has 1 N–H and O–H groups in total. The van der Waals surface area contributed by atoms with E-state index in [1.165, 1.54) is 37.3 Å². The zero-order chi connectivity index (χ0) is 11.0. The highest BCUT2D eigenvalue weighted by atomic mass is 15.2. The Hall–Kier alpha value is -0.860. The van der Waals surface area contributed by atoms with Crippen LogP contribution in [-0.4, -0.2) is 31.1 Å². The smallest absolute Gasteiger partial charge is 0.0233 e. The largest absolute Gasteiger partial charge is 0.316 e. The molecule has 0 radical (unpaired) electrons. The quantitative estimate of drug-likeness (QED) is 0.808. The molecule has 3 rings (SSSR count). The van der Waals surface area contributed by atoms with Crippen molar-refractivity contribution in [3.05, 3.63) is 35.4 Å². The van der Waals surface area contributed by atoms with Crippen LogP contribution in [0.3, 0.4) is 0 Å². The number of nitrogens with one attached hydrogen (secondary N) is 1. The number of rotatable bonds is 2. The molecule has 2 aliphatic heterocycles. The molecule has 0 aliphatic carbocycles. The van der Waals surface area contributed by atoms with Gasteiger partial charge in [0.1, 0.15) is 0 Å². The Morgan fingerprint density at radius 2 is 1.75 bits per heavy atom. The van der Waals surface area contributed by atoms with Gasteiger partial charge in [-0.15, -0.1) is 0 Å². The number of hydrogen-bond acceptors (Lipinski definition) is 2. The summed E-state index contributed by atoms with van der Waals surface area (Å²) in [6.45, 7) is 8.31. The highest BCUT2D eigenvalue weighted by Gasteiger charge is 2.35. The Morgan fingerprint density at radius 3 is 2.38 bits per heavy atom. The normalized spacial score (nSPS) is 29.6. The van der Waals surface area contributed by atoms with E-state index in [9.17, 15) is 0 Å². The molecular weight excluding hydrogens is 196 g/mol. The molecule has 1 aromatic carbocycles. The second-order valence-electron chi connectivity index (χ2n) is 5.36. The Labute approximate surface area is 97.6 Å². The lowest BCUT2D eigenvalue weighted by molar-refractivity contribution is 0.305. The van der Waals surface area contributed by atoms with Crippen molar-refractivity contribution < 1.29 is 0 Å². The lowest BCUT2D eigenvalue weighted by Gasteiger charge is -2.16. The number of nitrogens with zero attached hydrogens (tertiary/aromatic N) is 1. The molecule has 0 bridgehead atoms. The number of fused-ring (bicyclic) bond motifs is 1. The Balaban J connectivity index is 1.62. The first-order chi connectivity index (χ1) is 7.81. The van der Waals surface area contributed by atoms with Crippen LogP contribution in [0.5, 0.6) is 0 Å². The highest BCUT2D eigenvalue weighted by Crippen LogP contribution is 2.27. The van der Waals surface area contributed by atoms with E-state index in [4.69, 9.17) is 0 Å². The minimum absolute atomic E-state index is 0.908. The van der Waals surface area contributed by atoms with Crippen molar-refractivity contribution in [2.75, 3.05) is 26.2 Å². The van der Waals surface area contributed by atoms with E-state index in [0.29, 0.717) is 0 Å². The molecule has 0 unspecified atom stereocenters. The summed E-state index contributed by atoms with van der Waals surface area (Å²) in [6.07, 6.45) is 0. The van der Waals surface area contributed by atoms with Crippen molar-refractivity contribution in [1.82, 2.24) is 10.2 Å². The maximum Gasteiger partial charge on any atom is 0.0233 e. The van der Waals surface area contributed by atoms with Gasteiger partial charge in [-0.1, -0.05) is 29.8 Å². The predicted octanol–water partition coefficient (Wildman–Crippen LogP) is 1.65. The predicted molar refractivity (Wildman–Crippen MR) is 66.3 cm³/mol. The van der Waals surface area contributed by atoms with Gasteiger partial charge in [-0.2, -0.15) is 0 Å². The van der Waals surface area contributed by atoms with Crippen molar-refractivity contribution in [2.45, 2.75) is 13.5 Å². The Bertz CT molecular complexity index is 346. The van der Waals surface area contributed by atoms with E-state index in [2.05, 4.69) is 41.4 Å². The lowest BCUT2D eigenvalue weighted by Crippen LogP contribution is -2.25. The van der Waals surface area contributed by atoms with Crippen LogP contribution in [0, 0.1) is 18.8 Å². The van der Waals surface area contributed by atoms with Gasteiger partial charge in [0, 0.05) is 19.6 Å². The molecule has 2 fully saturated rings. The highest BCUT2D eigenvalue weighted by molar-refractivity contribution is 5.21. The van der Waals surface area contributed by atoms with Crippen LogP contribution in [0.15, 0.2) is 24.3 Å². The first-order valence-electron chi connectivity index (χ1n) is 6.30. The van der Waals surface area contributed by atoms with Crippen molar-refractivity contribution in [2.24, 2.45) is 11.8 Å². The molecule has 2 nitrogen and oxygen atoms in total. The summed E-state index contributed by atoms with van der Waals surface area (Å²) in [7, 11) is 0. The Kier molecular flexibility index (Phi) is 2.70. The standard InChI is InChI=1S/C14H20N2/c1-11-2-4-12(5-3-11)8-16-9-13-6-15-7-14(13)10-16/h2-5,13-15H,6-10H2,1H3/t13-,14-/m0/s1. The molecule has 16 heavy (non-hydrogen) atoms. The van der Waals surface area contributed by atoms with Gasteiger partial charge in [-0.25, -0.2) is 0 Å². The van der Waals surface area contributed by atoms with Crippen LogP contribution < -0.4 is 5.32 Å². The van der Waals surface area contributed by atoms with Crippen molar-refractivity contribution in [1.29, 1.82) is 0 Å². The third kappa shape index (κ3) is 2.00. The minimum atomic E-state index is 0.908. The molecule has 0 saturated carbocycles. The van der Waals surface area contributed by atoms with Crippen LogP contribution in [0.4, 0.5) is 0 Å². The molecule has 86 valence electrons. The van der Waals surface area contributed by atoms with Gasteiger partial charge >= 0.3 is 0 Å². The van der Waals surface area contributed by atoms with Crippen LogP contribution in [0.1, 0.15) is 11.1 Å². The fourth-order valence-corrected chi connectivity index (χ4v) is 3.03. The van der Waals surface area contributed by atoms with Gasteiger partial charge in [0.15, 0.2) is 0 Å². The summed E-state index contributed by atoms with van der Waals surface area (Å²) in [4.78, 5) is 2.61. The van der Waals surface area contributed by atoms with Crippen LogP contribution >= 0.6 is 0 Å². The monoisotopic (exact) mass is 216 g/mol. The molecule has 2 aliphatic rings. The molecule has 2 atom stereocenters. The second kappa shape index (κ2) is 4.19. The van der Waals surface area contributed by atoms with Crippen LogP contribution in [-0.2, 0) is 6.54 Å². The van der Waals surface area contributed by atoms with Crippen LogP contribution in [0.25, 0.3) is 0 Å². The summed E-state index contributed by atoms with van der Waals surface area (Å²) >= 11 is 0. The minimum Gasteiger partial charge on any atom is -0.316 e. The number of likely N-dealkylation sites (tertiary alicyclic amines) is 1. The van der Waals surface area contributed by atoms with Crippen molar-refractivity contribution in [3.63, 3.8) is 0 Å². The molecular formula is C14H20N2. The van der Waals surface area contributed by atoms with Gasteiger partial charge in [-0.3, -0.25) is 4.90 Å². The maximum absolute atomic E-state index is 3.49. The SMILES string of the molecule is Cc1ccc(CN2C[C@@H]3CNC[C@H]3C2)cc1. The molecule has 0 amide bonds. The Morgan fingerprint density at radius 1 is 1.12 bits per heavy atom. The fourth-order valence-electron chi connectivity index (χ4n) is 3.03. The first-order valence-corrected chi connectivity index (χ1v) is 6.30. The third-order valence-electron chi connectivity index (χ3n) is 3.99.